The normalized spacial score (nSPS) is 15.3. The molecule has 0 radical (unpaired) electrons. The Kier molecular flexibility index (Phi) is 8.86. The molecule has 0 spiro atoms. The molecule has 0 atom stereocenters. The largest absolute Gasteiger partial charge is 0.492 e. The van der Waals surface area contributed by atoms with E-state index in [1.165, 1.54) is 0 Å². The molecule has 3 heterocycles. The minimum absolute atomic E-state index is 0.185. The molecule has 0 bridgehead atoms. The summed E-state index contributed by atoms with van der Waals surface area (Å²) in [6, 6.07) is 20.2. The summed E-state index contributed by atoms with van der Waals surface area (Å²) >= 11 is 0. The number of hydrogen-bond acceptors (Lipinski definition) is 8. The fraction of sp³-hybridized carbons (Fsp3) is 0.343. The van der Waals surface area contributed by atoms with Crippen molar-refractivity contribution in [1.82, 2.24) is 9.88 Å². The van der Waals surface area contributed by atoms with Gasteiger partial charge in [-0.1, -0.05) is 57.2 Å². The van der Waals surface area contributed by atoms with Crippen molar-refractivity contribution in [2.75, 3.05) is 62.5 Å². The van der Waals surface area contributed by atoms with Gasteiger partial charge in [0.15, 0.2) is 5.75 Å². The molecule has 0 saturated carbocycles. The van der Waals surface area contributed by atoms with E-state index in [4.69, 9.17) is 19.2 Å². The minimum atomic E-state index is -0.383. The molecule has 10 heteroatoms. The van der Waals surface area contributed by atoms with Crippen LogP contribution < -0.4 is 20.7 Å². The lowest BCUT2D eigenvalue weighted by atomic mass is 9.86. The molecule has 1 aromatic heterocycles. The smallest absolute Gasteiger partial charge is 0.323 e. The number of pyridine rings is 1. The summed E-state index contributed by atoms with van der Waals surface area (Å²) in [5.41, 5.74) is 5.83. The van der Waals surface area contributed by atoms with Gasteiger partial charge in [0.1, 0.15) is 6.61 Å². The van der Waals surface area contributed by atoms with Crippen LogP contribution in [-0.4, -0.2) is 68.5 Å². The Bertz CT molecular complexity index is 1710. The van der Waals surface area contributed by atoms with Crippen LogP contribution in [0.3, 0.4) is 0 Å². The summed E-state index contributed by atoms with van der Waals surface area (Å²) in [6.45, 7) is 11.7. The lowest BCUT2D eigenvalue weighted by Crippen LogP contribution is -2.35. The maximum absolute atomic E-state index is 13.5. The van der Waals surface area contributed by atoms with Crippen molar-refractivity contribution in [3.8, 4) is 16.9 Å². The number of anilines is 3. The molecule has 234 valence electrons. The Morgan fingerprint density at radius 2 is 1.69 bits per heavy atom. The molecule has 3 aromatic carbocycles. The standard InChI is InChI=1S/C35H40N6O4/c1-35(2,3)24-19-30(32(43-4)31(20-24)40-34-36-13-16-45-34)39-33(42)38-29-12-11-26(27-7-5-6-8-28(27)29)23-9-10-25(37-21-23)22-41-14-17-44-18-15-41/h5-12,19-21H,13-18,22H2,1-4H3,(H,36,40)(H2,38,39,42). The molecule has 4 aromatic rings. The number of fused-ring (bicyclic) bond motifs is 1. The number of carbonyl (C=O) groups is 1. The molecule has 2 aliphatic heterocycles. The van der Waals surface area contributed by atoms with Crippen LogP contribution in [0.4, 0.5) is 21.9 Å². The highest BCUT2D eigenvalue weighted by Gasteiger charge is 2.23. The van der Waals surface area contributed by atoms with E-state index in [2.05, 4.69) is 64.8 Å². The number of aromatic nitrogens is 1. The lowest BCUT2D eigenvalue weighted by molar-refractivity contribution is 0.0336. The number of urea groups is 1. The maximum atomic E-state index is 13.5. The molecular formula is C35H40N6O4. The summed E-state index contributed by atoms with van der Waals surface area (Å²) in [5, 5.41) is 11.3. The summed E-state index contributed by atoms with van der Waals surface area (Å²) < 4.78 is 16.8. The second kappa shape index (κ2) is 13.1. The summed E-state index contributed by atoms with van der Waals surface area (Å²) in [5.74, 6) is 0.487. The number of carbonyl (C=O) groups excluding carboxylic acids is 1. The highest BCUT2D eigenvalue weighted by atomic mass is 16.5. The van der Waals surface area contributed by atoms with Crippen molar-refractivity contribution in [3.05, 3.63) is 78.1 Å². The van der Waals surface area contributed by atoms with Crippen molar-refractivity contribution in [2.24, 2.45) is 4.99 Å². The van der Waals surface area contributed by atoms with E-state index in [0.717, 1.165) is 66.0 Å². The average molecular weight is 609 g/mol. The fourth-order valence-electron chi connectivity index (χ4n) is 5.59. The maximum Gasteiger partial charge on any atom is 0.323 e. The van der Waals surface area contributed by atoms with Gasteiger partial charge in [-0.3, -0.25) is 9.88 Å². The second-order valence-electron chi connectivity index (χ2n) is 12.2. The number of nitrogens with one attached hydrogen (secondary N) is 3. The predicted octanol–water partition coefficient (Wildman–Crippen LogP) is 6.48. The number of benzene rings is 3. The van der Waals surface area contributed by atoms with Crippen LogP contribution in [0.5, 0.6) is 5.75 Å². The fourth-order valence-corrected chi connectivity index (χ4v) is 5.59. The Morgan fingerprint density at radius 3 is 2.38 bits per heavy atom. The van der Waals surface area contributed by atoms with Crippen LogP contribution in [0.1, 0.15) is 32.0 Å². The number of amidine groups is 1. The third-order valence-electron chi connectivity index (χ3n) is 8.03. The molecular weight excluding hydrogens is 568 g/mol. The molecule has 2 amide bonds. The van der Waals surface area contributed by atoms with Gasteiger partial charge in [0.25, 0.3) is 6.02 Å². The van der Waals surface area contributed by atoms with Crippen LogP contribution in [0, 0.1) is 0 Å². The number of nitrogens with zero attached hydrogens (tertiary/aromatic N) is 3. The first-order valence-electron chi connectivity index (χ1n) is 15.3. The summed E-state index contributed by atoms with van der Waals surface area (Å²) in [4.78, 5) is 25.0. The first kappa shape index (κ1) is 30.4. The van der Waals surface area contributed by atoms with Crippen molar-refractivity contribution < 1.29 is 19.0 Å². The van der Waals surface area contributed by atoms with Crippen LogP contribution in [-0.2, 0) is 21.4 Å². The number of hydrogen-bond donors (Lipinski definition) is 3. The number of methoxy groups -OCH3 is 1. The molecule has 1 saturated heterocycles. The van der Waals surface area contributed by atoms with E-state index >= 15 is 0 Å². The van der Waals surface area contributed by atoms with E-state index in [9.17, 15) is 4.79 Å². The van der Waals surface area contributed by atoms with Gasteiger partial charge < -0.3 is 30.2 Å². The molecule has 0 aliphatic carbocycles. The summed E-state index contributed by atoms with van der Waals surface area (Å²) in [6.07, 6.45) is 1.93. The third-order valence-corrected chi connectivity index (χ3v) is 8.03. The number of aliphatic imine (C=N–C) groups is 1. The monoisotopic (exact) mass is 608 g/mol. The zero-order valence-corrected chi connectivity index (χ0v) is 26.3. The van der Waals surface area contributed by atoms with Crippen molar-refractivity contribution in [2.45, 2.75) is 32.7 Å². The molecule has 45 heavy (non-hydrogen) atoms. The van der Waals surface area contributed by atoms with Gasteiger partial charge in [0.2, 0.25) is 0 Å². The molecule has 1 fully saturated rings. The zero-order valence-electron chi connectivity index (χ0n) is 26.3. The van der Waals surface area contributed by atoms with Gasteiger partial charge in [0, 0.05) is 36.8 Å². The van der Waals surface area contributed by atoms with Crippen LogP contribution >= 0.6 is 0 Å². The number of amides is 2. The van der Waals surface area contributed by atoms with E-state index in [0.29, 0.717) is 42.0 Å². The number of morpholine rings is 1. The number of ether oxygens (including phenoxy) is 3. The molecule has 3 N–H and O–H groups in total. The highest BCUT2D eigenvalue weighted by molar-refractivity contribution is 6.10. The van der Waals surface area contributed by atoms with E-state index in [-0.39, 0.29) is 11.4 Å². The Balaban J connectivity index is 1.24. The molecule has 0 unspecified atom stereocenters. The van der Waals surface area contributed by atoms with E-state index in [1.807, 2.05) is 48.7 Å². The molecule has 10 nitrogen and oxygen atoms in total. The van der Waals surface area contributed by atoms with E-state index < -0.39 is 0 Å². The van der Waals surface area contributed by atoms with Crippen LogP contribution in [0.25, 0.3) is 21.9 Å². The zero-order chi connectivity index (χ0) is 31.4. The van der Waals surface area contributed by atoms with Gasteiger partial charge in [-0.2, -0.15) is 0 Å². The minimum Gasteiger partial charge on any atom is -0.492 e. The Hall–Kier alpha value is -4.67. The first-order chi connectivity index (χ1) is 21.8. The lowest BCUT2D eigenvalue weighted by Gasteiger charge is -2.26. The van der Waals surface area contributed by atoms with Gasteiger partial charge in [-0.05, 0) is 46.2 Å². The summed E-state index contributed by atoms with van der Waals surface area (Å²) in [7, 11) is 1.58. The van der Waals surface area contributed by atoms with Gasteiger partial charge in [-0.25, -0.2) is 9.79 Å². The van der Waals surface area contributed by atoms with Crippen molar-refractivity contribution >= 4 is 39.9 Å². The second-order valence-corrected chi connectivity index (χ2v) is 12.2. The molecule has 6 rings (SSSR count). The highest BCUT2D eigenvalue weighted by Crippen LogP contribution is 2.39. The Labute approximate surface area is 263 Å². The topological polar surface area (TPSA) is 109 Å². The Morgan fingerprint density at radius 1 is 0.933 bits per heavy atom. The quantitative estimate of drug-likeness (QED) is 0.220. The predicted molar refractivity (Wildman–Crippen MR) is 179 cm³/mol. The van der Waals surface area contributed by atoms with Gasteiger partial charge in [-0.15, -0.1) is 0 Å². The van der Waals surface area contributed by atoms with Gasteiger partial charge in [0.05, 0.1) is 49.6 Å². The van der Waals surface area contributed by atoms with Gasteiger partial charge >= 0.3 is 6.03 Å². The number of rotatable bonds is 7. The first-order valence-corrected chi connectivity index (χ1v) is 15.3. The van der Waals surface area contributed by atoms with Crippen LogP contribution in [0.15, 0.2) is 71.9 Å². The average Bonchev–Trinajstić information content (AvgIpc) is 3.55. The van der Waals surface area contributed by atoms with Crippen LogP contribution in [0.2, 0.25) is 0 Å². The van der Waals surface area contributed by atoms with Crippen molar-refractivity contribution in [1.29, 1.82) is 0 Å². The third kappa shape index (κ3) is 7.02. The van der Waals surface area contributed by atoms with E-state index in [1.54, 1.807) is 7.11 Å². The SMILES string of the molecule is COc1c(NC(=O)Nc2ccc(-c3ccc(CN4CCOCC4)nc3)c3ccccc23)cc(C(C)(C)C)cc1NC1=NCCO1. The van der Waals surface area contributed by atoms with Crippen molar-refractivity contribution in [3.63, 3.8) is 0 Å². The molecule has 2 aliphatic rings.